The lowest BCUT2D eigenvalue weighted by Crippen LogP contribution is -2.39. The molecule has 44 heavy (non-hydrogen) atoms. The van der Waals surface area contributed by atoms with Gasteiger partial charge in [0.2, 0.25) is 0 Å². The molecular formula is C33H35N7O2S2. The Morgan fingerprint density at radius 1 is 1.02 bits per heavy atom. The molecular weight excluding hydrogens is 591 g/mol. The molecule has 6 rings (SSSR count). The summed E-state index contributed by atoms with van der Waals surface area (Å²) in [5.74, 6) is -0.0787. The van der Waals surface area contributed by atoms with Gasteiger partial charge in [0.05, 0.1) is 53.5 Å². The number of thioether (sulfide) groups is 2. The van der Waals surface area contributed by atoms with Gasteiger partial charge in [-0.15, -0.1) is 0 Å². The molecule has 3 aliphatic rings. The number of morpholine rings is 1. The molecule has 2 fully saturated rings. The Labute approximate surface area is 267 Å². The van der Waals surface area contributed by atoms with E-state index in [1.165, 1.54) is 11.8 Å². The molecule has 11 heteroatoms. The van der Waals surface area contributed by atoms with Gasteiger partial charge in [0.15, 0.2) is 5.17 Å². The van der Waals surface area contributed by atoms with Gasteiger partial charge in [0.25, 0.3) is 5.91 Å². The van der Waals surface area contributed by atoms with Crippen LogP contribution in [0, 0.1) is 11.3 Å². The van der Waals surface area contributed by atoms with Crippen LogP contribution in [-0.2, 0) is 16.1 Å². The van der Waals surface area contributed by atoms with Crippen molar-refractivity contribution in [1.29, 1.82) is 5.26 Å². The van der Waals surface area contributed by atoms with Crippen molar-refractivity contribution < 1.29 is 9.53 Å². The summed E-state index contributed by atoms with van der Waals surface area (Å²) < 4.78 is 5.46. The highest BCUT2D eigenvalue weighted by Gasteiger charge is 2.39. The smallest absolute Gasteiger partial charge is 0.269 e. The van der Waals surface area contributed by atoms with Crippen LogP contribution in [0.25, 0.3) is 0 Å². The first kappa shape index (κ1) is 30.1. The van der Waals surface area contributed by atoms with Gasteiger partial charge in [0, 0.05) is 50.4 Å². The Morgan fingerprint density at radius 3 is 2.61 bits per heavy atom. The van der Waals surface area contributed by atoms with E-state index in [4.69, 9.17) is 9.73 Å². The normalized spacial score (nSPS) is 19.4. The number of hydrogen-bond donors (Lipinski definition) is 2. The first-order chi connectivity index (χ1) is 21.5. The van der Waals surface area contributed by atoms with Crippen LogP contribution in [0.3, 0.4) is 0 Å². The largest absolute Gasteiger partial charge is 0.384 e. The molecule has 0 bridgehead atoms. The van der Waals surface area contributed by atoms with E-state index in [1.807, 2.05) is 50.4 Å². The van der Waals surface area contributed by atoms with Crippen LogP contribution in [-0.4, -0.2) is 73.9 Å². The summed E-state index contributed by atoms with van der Waals surface area (Å²) in [7, 11) is 2.02. The molecule has 2 N–H and O–H groups in total. The number of amides is 1. The Kier molecular flexibility index (Phi) is 9.43. The highest BCUT2D eigenvalue weighted by atomic mass is 32.2. The minimum atomic E-state index is -0.0787. The average Bonchev–Trinajstić information content (AvgIpc) is 3.54. The predicted octanol–water partition coefficient (Wildman–Crippen LogP) is 5.91. The Hall–Kier alpha value is -3.95. The number of benzene rings is 3. The Bertz CT molecular complexity index is 1630. The molecule has 0 aliphatic carbocycles. The number of carbonyl (C=O) groups is 1. The third kappa shape index (κ3) is 6.59. The summed E-state index contributed by atoms with van der Waals surface area (Å²) in [4.78, 5) is 27.1. The number of amidine groups is 1. The van der Waals surface area contributed by atoms with Gasteiger partial charge in [-0.3, -0.25) is 14.6 Å². The summed E-state index contributed by atoms with van der Waals surface area (Å²) in [6, 6.07) is 24.0. The maximum atomic E-state index is 14.1. The summed E-state index contributed by atoms with van der Waals surface area (Å²) in [5.41, 5.74) is 5.11. The Balaban J connectivity index is 1.28. The van der Waals surface area contributed by atoms with Crippen molar-refractivity contribution in [2.75, 3.05) is 68.5 Å². The first-order valence-electron chi connectivity index (χ1n) is 14.8. The van der Waals surface area contributed by atoms with E-state index < -0.39 is 0 Å². The molecule has 0 saturated carbocycles. The summed E-state index contributed by atoms with van der Waals surface area (Å²) in [6.07, 6.45) is 0. The number of rotatable bonds is 9. The highest BCUT2D eigenvalue weighted by molar-refractivity contribution is 8.19. The molecule has 3 aromatic carbocycles. The van der Waals surface area contributed by atoms with Gasteiger partial charge >= 0.3 is 0 Å². The quantitative estimate of drug-likeness (QED) is 0.282. The molecule has 0 atom stereocenters. The van der Waals surface area contributed by atoms with Crippen LogP contribution in [0.1, 0.15) is 18.1 Å². The zero-order chi connectivity index (χ0) is 30.5. The van der Waals surface area contributed by atoms with E-state index in [0.717, 1.165) is 71.9 Å². The molecule has 0 spiro atoms. The van der Waals surface area contributed by atoms with Crippen LogP contribution < -0.4 is 15.5 Å². The van der Waals surface area contributed by atoms with E-state index in [9.17, 15) is 10.1 Å². The lowest BCUT2D eigenvalue weighted by atomic mass is 10.2. The van der Waals surface area contributed by atoms with Crippen LogP contribution in [0.5, 0.6) is 0 Å². The van der Waals surface area contributed by atoms with Crippen LogP contribution >= 0.6 is 23.5 Å². The van der Waals surface area contributed by atoms with E-state index in [2.05, 4.69) is 44.7 Å². The first-order valence-corrected chi connectivity index (χ1v) is 16.4. The zero-order valence-electron chi connectivity index (χ0n) is 24.9. The van der Waals surface area contributed by atoms with Gasteiger partial charge < -0.3 is 20.3 Å². The van der Waals surface area contributed by atoms with Crippen molar-refractivity contribution in [2.45, 2.75) is 18.4 Å². The van der Waals surface area contributed by atoms with Gasteiger partial charge in [-0.2, -0.15) is 5.26 Å². The monoisotopic (exact) mass is 625 g/mol. The summed E-state index contributed by atoms with van der Waals surface area (Å²) in [6.45, 7) is 8.49. The third-order valence-corrected chi connectivity index (χ3v) is 10.1. The number of nitriles is 1. The standard InChI is InChI=1S/C33H35N7O2S2/c1-3-35-26-11-9-24(21-34)19-27(26)37-33-40(22-23-7-5-4-6-8-23)31(41)30(44-33)32-38(2)28-20-25(10-12-29(28)43-32)36-13-14-39-15-17-42-18-16-39/h4-12,19-20,35-36H,3,13-18,22H2,1-2H3/b32-30+,37-33?. The Morgan fingerprint density at radius 2 is 1.84 bits per heavy atom. The number of hydrogen-bond acceptors (Lipinski definition) is 10. The number of anilines is 3. The van der Waals surface area contributed by atoms with Crippen LogP contribution in [0.2, 0.25) is 0 Å². The number of nitrogens with one attached hydrogen (secondary N) is 2. The van der Waals surface area contributed by atoms with Crippen molar-refractivity contribution in [3.8, 4) is 6.07 Å². The number of aliphatic imine (C=N–C) groups is 1. The van der Waals surface area contributed by atoms with Crippen molar-refractivity contribution in [1.82, 2.24) is 9.80 Å². The lowest BCUT2D eigenvalue weighted by molar-refractivity contribution is -0.122. The van der Waals surface area contributed by atoms with Crippen molar-refractivity contribution in [3.05, 3.63) is 87.8 Å². The minimum absolute atomic E-state index is 0.0787. The summed E-state index contributed by atoms with van der Waals surface area (Å²) >= 11 is 3.00. The highest BCUT2D eigenvalue weighted by Crippen LogP contribution is 2.51. The summed E-state index contributed by atoms with van der Waals surface area (Å²) in [5, 5.41) is 17.9. The molecule has 1 amide bonds. The van der Waals surface area contributed by atoms with E-state index >= 15 is 0 Å². The van der Waals surface area contributed by atoms with Crippen molar-refractivity contribution >= 4 is 57.3 Å². The fourth-order valence-electron chi connectivity index (χ4n) is 5.30. The molecule has 3 aliphatic heterocycles. The molecule has 3 heterocycles. The molecule has 0 aromatic heterocycles. The maximum Gasteiger partial charge on any atom is 0.269 e. The second-order valence-corrected chi connectivity index (χ2v) is 12.6. The lowest BCUT2D eigenvalue weighted by Gasteiger charge is -2.26. The number of ether oxygens (including phenoxy) is 1. The fourth-order valence-corrected chi connectivity index (χ4v) is 7.62. The number of fused-ring (bicyclic) bond motifs is 1. The van der Waals surface area contributed by atoms with Gasteiger partial charge in [0.1, 0.15) is 4.91 Å². The van der Waals surface area contributed by atoms with E-state index in [1.54, 1.807) is 28.8 Å². The minimum Gasteiger partial charge on any atom is -0.384 e. The van der Waals surface area contributed by atoms with Gasteiger partial charge in [-0.1, -0.05) is 42.1 Å². The van der Waals surface area contributed by atoms with Gasteiger partial charge in [-0.25, -0.2) is 4.99 Å². The molecule has 9 nitrogen and oxygen atoms in total. The molecule has 0 unspecified atom stereocenters. The maximum absolute atomic E-state index is 14.1. The molecule has 3 aromatic rings. The zero-order valence-corrected chi connectivity index (χ0v) is 26.5. The molecule has 226 valence electrons. The van der Waals surface area contributed by atoms with Crippen LogP contribution in [0.15, 0.2) is 86.6 Å². The van der Waals surface area contributed by atoms with Gasteiger partial charge in [-0.05, 0) is 60.6 Å². The second-order valence-electron chi connectivity index (χ2n) is 10.6. The second kappa shape index (κ2) is 13.8. The van der Waals surface area contributed by atoms with E-state index in [-0.39, 0.29) is 5.91 Å². The number of carbonyl (C=O) groups excluding carboxylic acids is 1. The third-order valence-electron chi connectivity index (χ3n) is 7.64. The SMILES string of the molecule is CCNc1ccc(C#N)cc1N=C1S/C(=C2/Sc3ccc(NCCN4CCOCC4)cc3N2C)C(=O)N1Cc1ccccc1. The predicted molar refractivity (Wildman–Crippen MR) is 180 cm³/mol. The van der Waals surface area contributed by atoms with Crippen LogP contribution in [0.4, 0.5) is 22.7 Å². The topological polar surface area (TPSA) is 96.2 Å². The van der Waals surface area contributed by atoms with Crippen molar-refractivity contribution in [3.63, 3.8) is 0 Å². The molecule has 2 saturated heterocycles. The number of nitrogens with zero attached hydrogens (tertiary/aromatic N) is 5. The fraction of sp³-hybridized carbons (Fsp3) is 0.303. The molecule has 0 radical (unpaired) electrons. The van der Waals surface area contributed by atoms with E-state index in [0.29, 0.717) is 34.4 Å². The van der Waals surface area contributed by atoms with Crippen molar-refractivity contribution in [2.24, 2.45) is 4.99 Å². The average molecular weight is 626 g/mol.